The minimum atomic E-state index is 0.602. The standard InChI is InChI=1S/C23H49N3/c1-2-3-4-5-6-7-8-9-10-11-12-13-14-15-16-17-18-23-25-20-22-26(23)21-19-24/h23,25H,2-22,24H2,1H3. The average Bonchev–Trinajstić information content (AvgIpc) is 3.09. The fourth-order valence-electron chi connectivity index (χ4n) is 4.26. The first-order chi connectivity index (χ1) is 12.9. The summed E-state index contributed by atoms with van der Waals surface area (Å²) in [5, 5.41) is 3.61. The molecule has 1 aliphatic heterocycles. The van der Waals surface area contributed by atoms with Crippen molar-refractivity contribution in [3.63, 3.8) is 0 Å². The monoisotopic (exact) mass is 367 g/mol. The number of unbranched alkanes of at least 4 members (excludes halogenated alkanes) is 15. The zero-order chi connectivity index (χ0) is 18.7. The van der Waals surface area contributed by atoms with Crippen LogP contribution in [0.15, 0.2) is 0 Å². The number of nitrogens with zero attached hydrogens (tertiary/aromatic N) is 1. The minimum absolute atomic E-state index is 0.602. The summed E-state index contributed by atoms with van der Waals surface area (Å²) >= 11 is 0. The van der Waals surface area contributed by atoms with Gasteiger partial charge in [0.25, 0.3) is 0 Å². The Hall–Kier alpha value is -0.120. The molecule has 0 radical (unpaired) electrons. The number of nitrogens with two attached hydrogens (primary N) is 1. The lowest BCUT2D eigenvalue weighted by atomic mass is 10.0. The van der Waals surface area contributed by atoms with Crippen molar-refractivity contribution < 1.29 is 0 Å². The molecule has 0 saturated carbocycles. The van der Waals surface area contributed by atoms with Gasteiger partial charge in [0, 0.05) is 26.2 Å². The van der Waals surface area contributed by atoms with Gasteiger partial charge in [-0.05, 0) is 6.42 Å². The molecular weight excluding hydrogens is 318 g/mol. The second-order valence-electron chi connectivity index (χ2n) is 8.39. The van der Waals surface area contributed by atoms with E-state index in [1.54, 1.807) is 0 Å². The zero-order valence-corrected chi connectivity index (χ0v) is 18.0. The molecular formula is C23H49N3. The van der Waals surface area contributed by atoms with Crippen LogP contribution >= 0.6 is 0 Å². The maximum atomic E-state index is 5.69. The molecule has 1 rings (SSSR count). The molecule has 0 aromatic rings. The van der Waals surface area contributed by atoms with E-state index in [0.29, 0.717) is 6.17 Å². The van der Waals surface area contributed by atoms with E-state index in [2.05, 4.69) is 17.1 Å². The largest absolute Gasteiger partial charge is 0.329 e. The molecule has 26 heavy (non-hydrogen) atoms. The van der Waals surface area contributed by atoms with E-state index >= 15 is 0 Å². The smallest absolute Gasteiger partial charge is 0.0598 e. The lowest BCUT2D eigenvalue weighted by molar-refractivity contribution is 0.231. The first-order valence-electron chi connectivity index (χ1n) is 12.1. The lowest BCUT2D eigenvalue weighted by Crippen LogP contribution is -2.38. The predicted octanol–water partition coefficient (Wildman–Crippen LogP) is 5.83. The van der Waals surface area contributed by atoms with E-state index in [-0.39, 0.29) is 0 Å². The first kappa shape index (κ1) is 23.9. The third kappa shape index (κ3) is 13.1. The summed E-state index contributed by atoms with van der Waals surface area (Å²) in [6.45, 7) is 6.46. The van der Waals surface area contributed by atoms with Gasteiger partial charge in [0.05, 0.1) is 6.17 Å². The predicted molar refractivity (Wildman–Crippen MR) is 117 cm³/mol. The van der Waals surface area contributed by atoms with Crippen LogP contribution in [-0.4, -0.2) is 37.2 Å². The van der Waals surface area contributed by atoms with E-state index in [9.17, 15) is 0 Å². The van der Waals surface area contributed by atoms with E-state index in [0.717, 1.165) is 19.6 Å². The second kappa shape index (κ2) is 18.3. The normalized spacial score (nSPS) is 18.0. The summed E-state index contributed by atoms with van der Waals surface area (Å²) < 4.78 is 0. The lowest BCUT2D eigenvalue weighted by Gasteiger charge is -2.23. The van der Waals surface area contributed by atoms with Gasteiger partial charge in [-0.1, -0.05) is 110 Å². The molecule has 1 atom stereocenters. The van der Waals surface area contributed by atoms with Gasteiger partial charge in [-0.25, -0.2) is 0 Å². The van der Waals surface area contributed by atoms with Crippen LogP contribution in [0.3, 0.4) is 0 Å². The van der Waals surface area contributed by atoms with Crippen molar-refractivity contribution in [3.8, 4) is 0 Å². The van der Waals surface area contributed by atoms with Crippen molar-refractivity contribution >= 4 is 0 Å². The van der Waals surface area contributed by atoms with Crippen molar-refractivity contribution in [1.29, 1.82) is 0 Å². The fraction of sp³-hybridized carbons (Fsp3) is 1.00. The maximum absolute atomic E-state index is 5.69. The van der Waals surface area contributed by atoms with E-state index in [1.807, 2.05) is 0 Å². The number of rotatable bonds is 19. The second-order valence-corrected chi connectivity index (χ2v) is 8.39. The molecule has 3 heteroatoms. The van der Waals surface area contributed by atoms with Crippen LogP contribution in [0.1, 0.15) is 116 Å². The SMILES string of the molecule is CCCCCCCCCCCCCCCCCCC1NCCN1CCN. The third-order valence-electron chi connectivity index (χ3n) is 5.97. The van der Waals surface area contributed by atoms with Crippen molar-refractivity contribution in [2.24, 2.45) is 5.73 Å². The molecule has 0 aromatic carbocycles. The van der Waals surface area contributed by atoms with Gasteiger partial charge in [0.15, 0.2) is 0 Å². The van der Waals surface area contributed by atoms with Crippen LogP contribution in [0.5, 0.6) is 0 Å². The molecule has 156 valence electrons. The van der Waals surface area contributed by atoms with Crippen LogP contribution < -0.4 is 11.1 Å². The van der Waals surface area contributed by atoms with Crippen molar-refractivity contribution in [2.75, 3.05) is 26.2 Å². The molecule has 1 aliphatic rings. The number of hydrogen-bond acceptors (Lipinski definition) is 3. The molecule has 1 heterocycles. The Labute approximate surface area is 164 Å². The van der Waals surface area contributed by atoms with Gasteiger partial charge in [-0.15, -0.1) is 0 Å². The minimum Gasteiger partial charge on any atom is -0.329 e. The summed E-state index contributed by atoms with van der Waals surface area (Å²) in [7, 11) is 0. The highest BCUT2D eigenvalue weighted by Crippen LogP contribution is 2.15. The molecule has 3 N–H and O–H groups in total. The quantitative estimate of drug-likeness (QED) is 0.282. The Bertz CT molecular complexity index is 283. The van der Waals surface area contributed by atoms with E-state index < -0.39 is 0 Å². The Kier molecular flexibility index (Phi) is 16.8. The Balaban J connectivity index is 1.73. The van der Waals surface area contributed by atoms with Gasteiger partial charge < -0.3 is 11.1 Å². The van der Waals surface area contributed by atoms with Gasteiger partial charge in [-0.3, -0.25) is 4.90 Å². The van der Waals surface area contributed by atoms with Gasteiger partial charge in [0.1, 0.15) is 0 Å². The fourth-order valence-corrected chi connectivity index (χ4v) is 4.26. The summed E-state index contributed by atoms with van der Waals surface area (Å²) in [6.07, 6.45) is 25.0. The molecule has 0 aliphatic carbocycles. The van der Waals surface area contributed by atoms with Crippen LogP contribution in [0.25, 0.3) is 0 Å². The van der Waals surface area contributed by atoms with E-state index in [1.165, 1.54) is 116 Å². The summed E-state index contributed by atoms with van der Waals surface area (Å²) in [5.41, 5.74) is 5.69. The van der Waals surface area contributed by atoms with Crippen molar-refractivity contribution in [3.05, 3.63) is 0 Å². The molecule has 3 nitrogen and oxygen atoms in total. The van der Waals surface area contributed by atoms with Crippen LogP contribution in [0, 0.1) is 0 Å². The number of nitrogens with one attached hydrogen (secondary N) is 1. The van der Waals surface area contributed by atoms with E-state index in [4.69, 9.17) is 5.73 Å². The third-order valence-corrected chi connectivity index (χ3v) is 5.97. The number of hydrogen-bond donors (Lipinski definition) is 2. The van der Waals surface area contributed by atoms with Gasteiger partial charge >= 0.3 is 0 Å². The van der Waals surface area contributed by atoms with Crippen molar-refractivity contribution in [2.45, 2.75) is 122 Å². The van der Waals surface area contributed by atoms with Gasteiger partial charge in [0.2, 0.25) is 0 Å². The van der Waals surface area contributed by atoms with Gasteiger partial charge in [-0.2, -0.15) is 0 Å². The Morgan fingerprint density at radius 2 is 1.19 bits per heavy atom. The highest BCUT2D eigenvalue weighted by Gasteiger charge is 2.21. The molecule has 1 unspecified atom stereocenters. The molecule has 1 saturated heterocycles. The molecule has 1 fully saturated rings. The molecule has 0 aromatic heterocycles. The van der Waals surface area contributed by atoms with Crippen LogP contribution in [-0.2, 0) is 0 Å². The topological polar surface area (TPSA) is 41.3 Å². The highest BCUT2D eigenvalue weighted by atomic mass is 15.3. The zero-order valence-electron chi connectivity index (χ0n) is 18.0. The molecule has 0 amide bonds. The van der Waals surface area contributed by atoms with Crippen LogP contribution in [0.4, 0.5) is 0 Å². The Morgan fingerprint density at radius 3 is 1.65 bits per heavy atom. The van der Waals surface area contributed by atoms with Crippen LogP contribution in [0.2, 0.25) is 0 Å². The summed E-state index contributed by atoms with van der Waals surface area (Å²) in [5.74, 6) is 0. The summed E-state index contributed by atoms with van der Waals surface area (Å²) in [6, 6.07) is 0. The highest BCUT2D eigenvalue weighted by molar-refractivity contribution is 4.77. The average molecular weight is 368 g/mol. The maximum Gasteiger partial charge on any atom is 0.0598 e. The molecule has 0 bridgehead atoms. The Morgan fingerprint density at radius 1 is 0.731 bits per heavy atom. The molecule has 0 spiro atoms. The van der Waals surface area contributed by atoms with Crippen molar-refractivity contribution in [1.82, 2.24) is 10.2 Å². The summed E-state index contributed by atoms with van der Waals surface area (Å²) in [4.78, 5) is 2.52. The first-order valence-corrected chi connectivity index (χ1v) is 12.1.